The van der Waals surface area contributed by atoms with Gasteiger partial charge >= 0.3 is 0 Å². The Kier molecular flexibility index (Phi) is 5.37. The first-order valence-corrected chi connectivity index (χ1v) is 8.94. The molecule has 0 aliphatic heterocycles. The number of amides is 1. The highest BCUT2D eigenvalue weighted by Crippen LogP contribution is 2.40. The van der Waals surface area contributed by atoms with E-state index >= 15 is 0 Å². The minimum absolute atomic E-state index is 0.0111. The lowest BCUT2D eigenvalue weighted by atomic mass is 9.68. The molecule has 132 valence electrons. The minimum Gasteiger partial charge on any atom is -0.494 e. The van der Waals surface area contributed by atoms with Gasteiger partial charge < -0.3 is 10.1 Å². The first-order chi connectivity index (χ1) is 12.1. The van der Waals surface area contributed by atoms with E-state index in [9.17, 15) is 9.18 Å². The molecule has 0 aromatic heterocycles. The zero-order valence-corrected chi connectivity index (χ0v) is 14.6. The SMILES string of the molecule is CCOc1ccc(NC(=O)C2(c3ccc(F)cc3)CCCCC2)cc1. The Hall–Kier alpha value is -2.36. The van der Waals surface area contributed by atoms with Gasteiger partial charge in [-0.3, -0.25) is 4.79 Å². The standard InChI is InChI=1S/C21H24FNO2/c1-2-25-19-12-10-18(11-13-19)23-20(24)21(14-4-3-5-15-21)16-6-8-17(22)9-7-16/h6-13H,2-5,14-15H2,1H3,(H,23,24). The first-order valence-electron chi connectivity index (χ1n) is 8.94. The van der Waals surface area contributed by atoms with Crippen molar-refractivity contribution in [1.29, 1.82) is 0 Å². The Labute approximate surface area is 148 Å². The summed E-state index contributed by atoms with van der Waals surface area (Å²) in [5.74, 6) is 0.496. The molecule has 1 N–H and O–H groups in total. The summed E-state index contributed by atoms with van der Waals surface area (Å²) in [4.78, 5) is 13.1. The van der Waals surface area contributed by atoms with Crippen molar-refractivity contribution >= 4 is 11.6 Å². The third kappa shape index (κ3) is 3.84. The molecule has 1 fully saturated rings. The van der Waals surface area contributed by atoms with Gasteiger partial charge in [0, 0.05) is 5.69 Å². The normalized spacial score (nSPS) is 16.2. The number of nitrogens with one attached hydrogen (secondary N) is 1. The van der Waals surface area contributed by atoms with Crippen LogP contribution in [0.3, 0.4) is 0 Å². The molecule has 1 saturated carbocycles. The molecule has 1 aliphatic carbocycles. The van der Waals surface area contributed by atoms with Crippen LogP contribution in [0.4, 0.5) is 10.1 Å². The Morgan fingerprint density at radius 1 is 1.04 bits per heavy atom. The average Bonchev–Trinajstić information content (AvgIpc) is 2.64. The Bertz CT molecular complexity index is 704. The van der Waals surface area contributed by atoms with Crippen LogP contribution in [0.15, 0.2) is 48.5 Å². The van der Waals surface area contributed by atoms with Crippen molar-refractivity contribution < 1.29 is 13.9 Å². The quantitative estimate of drug-likeness (QED) is 0.825. The van der Waals surface area contributed by atoms with Crippen molar-refractivity contribution in [1.82, 2.24) is 0 Å². The fraction of sp³-hybridized carbons (Fsp3) is 0.381. The van der Waals surface area contributed by atoms with Crippen LogP contribution in [0.5, 0.6) is 5.75 Å². The van der Waals surface area contributed by atoms with Gasteiger partial charge in [0.2, 0.25) is 5.91 Å². The van der Waals surface area contributed by atoms with Crippen molar-refractivity contribution in [2.75, 3.05) is 11.9 Å². The molecule has 3 rings (SSSR count). The van der Waals surface area contributed by atoms with Crippen LogP contribution < -0.4 is 10.1 Å². The van der Waals surface area contributed by atoms with Gasteiger partial charge in [-0.15, -0.1) is 0 Å². The average molecular weight is 341 g/mol. The zero-order chi connectivity index (χ0) is 17.7. The molecule has 2 aromatic carbocycles. The molecule has 1 amide bonds. The molecule has 0 unspecified atom stereocenters. The lowest BCUT2D eigenvalue weighted by Gasteiger charge is -2.36. The number of hydrogen-bond donors (Lipinski definition) is 1. The second-order valence-corrected chi connectivity index (χ2v) is 6.56. The van der Waals surface area contributed by atoms with E-state index in [0.29, 0.717) is 6.61 Å². The first kappa shape index (κ1) is 17.5. The summed E-state index contributed by atoms with van der Waals surface area (Å²) < 4.78 is 18.7. The van der Waals surface area contributed by atoms with Gasteiger partial charge in [0.15, 0.2) is 0 Å². The van der Waals surface area contributed by atoms with E-state index in [2.05, 4.69) is 5.32 Å². The van der Waals surface area contributed by atoms with Gasteiger partial charge in [-0.05, 0) is 61.7 Å². The van der Waals surface area contributed by atoms with Crippen LogP contribution in [0, 0.1) is 5.82 Å². The second kappa shape index (κ2) is 7.68. The van der Waals surface area contributed by atoms with E-state index in [1.54, 1.807) is 12.1 Å². The predicted molar refractivity (Wildman–Crippen MR) is 97.4 cm³/mol. The summed E-state index contributed by atoms with van der Waals surface area (Å²) in [7, 11) is 0. The fourth-order valence-electron chi connectivity index (χ4n) is 3.62. The van der Waals surface area contributed by atoms with Crippen LogP contribution >= 0.6 is 0 Å². The third-order valence-electron chi connectivity index (χ3n) is 4.96. The van der Waals surface area contributed by atoms with E-state index in [1.165, 1.54) is 12.1 Å². The van der Waals surface area contributed by atoms with Gasteiger partial charge in [0.05, 0.1) is 12.0 Å². The van der Waals surface area contributed by atoms with E-state index in [0.717, 1.165) is 49.1 Å². The lowest BCUT2D eigenvalue weighted by molar-refractivity contribution is -0.122. The van der Waals surface area contributed by atoms with Crippen LogP contribution in [-0.2, 0) is 10.2 Å². The van der Waals surface area contributed by atoms with Gasteiger partial charge in [-0.1, -0.05) is 31.4 Å². The molecular formula is C21H24FNO2. The number of rotatable bonds is 5. The molecule has 0 heterocycles. The third-order valence-corrected chi connectivity index (χ3v) is 4.96. The summed E-state index contributed by atoms with van der Waals surface area (Å²) in [6.07, 6.45) is 4.74. The maximum absolute atomic E-state index is 13.3. The van der Waals surface area contributed by atoms with Crippen LogP contribution in [0.1, 0.15) is 44.6 Å². The topological polar surface area (TPSA) is 38.3 Å². The van der Waals surface area contributed by atoms with Gasteiger partial charge in [0.1, 0.15) is 11.6 Å². The van der Waals surface area contributed by atoms with Gasteiger partial charge in [-0.25, -0.2) is 4.39 Å². The maximum Gasteiger partial charge on any atom is 0.235 e. The molecule has 4 heteroatoms. The predicted octanol–water partition coefficient (Wildman–Crippen LogP) is 5.07. The monoisotopic (exact) mass is 341 g/mol. The van der Waals surface area contributed by atoms with Crippen molar-refractivity contribution in [3.8, 4) is 5.75 Å². The molecule has 25 heavy (non-hydrogen) atoms. The molecule has 3 nitrogen and oxygen atoms in total. The largest absolute Gasteiger partial charge is 0.494 e. The summed E-state index contributed by atoms with van der Waals surface area (Å²) in [5, 5.41) is 3.05. The van der Waals surface area contributed by atoms with E-state index in [1.807, 2.05) is 31.2 Å². The van der Waals surface area contributed by atoms with Gasteiger partial charge in [0.25, 0.3) is 0 Å². The Morgan fingerprint density at radius 3 is 2.28 bits per heavy atom. The second-order valence-electron chi connectivity index (χ2n) is 6.56. The molecule has 0 atom stereocenters. The maximum atomic E-state index is 13.3. The number of anilines is 1. The number of hydrogen-bond acceptors (Lipinski definition) is 2. The van der Waals surface area contributed by atoms with Crippen LogP contribution in [-0.4, -0.2) is 12.5 Å². The van der Waals surface area contributed by atoms with Crippen molar-refractivity contribution in [2.45, 2.75) is 44.4 Å². The molecule has 0 radical (unpaired) electrons. The molecular weight excluding hydrogens is 317 g/mol. The van der Waals surface area contributed by atoms with E-state index in [4.69, 9.17) is 4.74 Å². The van der Waals surface area contributed by atoms with E-state index < -0.39 is 5.41 Å². The summed E-state index contributed by atoms with van der Waals surface area (Å²) in [6.45, 7) is 2.55. The smallest absolute Gasteiger partial charge is 0.235 e. The number of halogens is 1. The number of ether oxygens (including phenoxy) is 1. The van der Waals surface area contributed by atoms with Crippen LogP contribution in [0.2, 0.25) is 0 Å². The molecule has 2 aromatic rings. The molecule has 0 saturated heterocycles. The highest BCUT2D eigenvalue weighted by Gasteiger charge is 2.41. The summed E-state index contributed by atoms with van der Waals surface area (Å²) >= 11 is 0. The fourth-order valence-corrected chi connectivity index (χ4v) is 3.62. The number of carbonyl (C=O) groups excluding carboxylic acids is 1. The number of carbonyl (C=O) groups is 1. The van der Waals surface area contributed by atoms with Gasteiger partial charge in [-0.2, -0.15) is 0 Å². The molecule has 0 spiro atoms. The number of benzene rings is 2. The summed E-state index contributed by atoms with van der Waals surface area (Å²) in [6, 6.07) is 13.8. The van der Waals surface area contributed by atoms with Crippen molar-refractivity contribution in [3.05, 3.63) is 59.9 Å². The minimum atomic E-state index is -0.579. The van der Waals surface area contributed by atoms with Crippen molar-refractivity contribution in [2.24, 2.45) is 0 Å². The lowest BCUT2D eigenvalue weighted by Crippen LogP contribution is -2.42. The van der Waals surface area contributed by atoms with E-state index in [-0.39, 0.29) is 11.7 Å². The highest BCUT2D eigenvalue weighted by atomic mass is 19.1. The van der Waals surface area contributed by atoms with Crippen molar-refractivity contribution in [3.63, 3.8) is 0 Å². The Morgan fingerprint density at radius 2 is 1.68 bits per heavy atom. The Balaban J connectivity index is 1.83. The molecule has 1 aliphatic rings. The summed E-state index contributed by atoms with van der Waals surface area (Å²) in [5.41, 5.74) is 1.07. The zero-order valence-electron chi connectivity index (χ0n) is 14.6. The van der Waals surface area contributed by atoms with Crippen LogP contribution in [0.25, 0.3) is 0 Å². The highest BCUT2D eigenvalue weighted by molar-refractivity contribution is 5.99. The molecule has 0 bridgehead atoms.